The first kappa shape index (κ1) is 23.8. The quantitative estimate of drug-likeness (QED) is 0.444. The van der Waals surface area contributed by atoms with Crippen LogP contribution in [-0.4, -0.2) is 30.8 Å². The van der Waals surface area contributed by atoms with E-state index in [0.717, 1.165) is 6.42 Å². The van der Waals surface area contributed by atoms with Gasteiger partial charge >= 0.3 is 11.9 Å². The third kappa shape index (κ3) is 6.58. The Morgan fingerprint density at radius 2 is 1.70 bits per heavy atom. The van der Waals surface area contributed by atoms with Crippen LogP contribution in [0.4, 0.5) is 0 Å². The first-order valence-corrected chi connectivity index (χ1v) is 10.5. The molecule has 2 aromatic carbocycles. The summed E-state index contributed by atoms with van der Waals surface area (Å²) in [7, 11) is 0. The summed E-state index contributed by atoms with van der Waals surface area (Å²) in [6.45, 7) is 7.30. The molecular formula is C25H26O8. The summed E-state index contributed by atoms with van der Waals surface area (Å²) >= 11 is 0. The Bertz CT molecular complexity index is 1190. The molecule has 0 saturated carbocycles. The van der Waals surface area contributed by atoms with Crippen molar-refractivity contribution in [1.82, 2.24) is 0 Å². The molecule has 0 unspecified atom stereocenters. The van der Waals surface area contributed by atoms with Crippen LogP contribution in [0, 0.1) is 0 Å². The number of carbonyl (C=O) groups is 2. The van der Waals surface area contributed by atoms with E-state index < -0.39 is 17.5 Å². The molecule has 8 nitrogen and oxygen atoms in total. The first-order chi connectivity index (χ1) is 15.7. The highest BCUT2D eigenvalue weighted by molar-refractivity contribution is 5.89. The number of rotatable bonds is 8. The monoisotopic (exact) mass is 454 g/mol. The molecule has 0 atom stereocenters. The third-order valence-corrected chi connectivity index (χ3v) is 4.25. The van der Waals surface area contributed by atoms with Crippen LogP contribution < -0.4 is 14.9 Å². The molecule has 3 aromatic rings. The van der Waals surface area contributed by atoms with Crippen molar-refractivity contribution in [2.45, 2.75) is 39.7 Å². The predicted molar refractivity (Wildman–Crippen MR) is 121 cm³/mol. The molecule has 0 spiro atoms. The van der Waals surface area contributed by atoms with Crippen LogP contribution in [-0.2, 0) is 14.3 Å². The lowest BCUT2D eigenvalue weighted by atomic mass is 10.2. The van der Waals surface area contributed by atoms with Crippen LogP contribution in [0.25, 0.3) is 11.0 Å². The van der Waals surface area contributed by atoms with E-state index in [0.29, 0.717) is 23.7 Å². The Balaban J connectivity index is 1.70. The molecule has 0 N–H and O–H groups in total. The SMILES string of the molecule is CCCOC(=O)c1ccc(Oc2coc3cc(OCC(=O)OC(C)(C)C)ccc3c2=O)cc1. The molecule has 1 heterocycles. The van der Waals surface area contributed by atoms with E-state index in [1.165, 1.54) is 18.4 Å². The number of hydrogen-bond acceptors (Lipinski definition) is 8. The minimum Gasteiger partial charge on any atom is -0.482 e. The summed E-state index contributed by atoms with van der Waals surface area (Å²) in [5.41, 5.74) is -0.309. The maximum absolute atomic E-state index is 12.8. The van der Waals surface area contributed by atoms with Crippen LogP contribution in [0.15, 0.2) is 57.9 Å². The van der Waals surface area contributed by atoms with Gasteiger partial charge in [0.25, 0.3) is 0 Å². The zero-order valence-electron chi connectivity index (χ0n) is 19.0. The average Bonchev–Trinajstić information content (AvgIpc) is 2.77. The maximum atomic E-state index is 12.8. The predicted octanol–water partition coefficient (Wildman–Crippen LogP) is 4.87. The molecule has 3 rings (SSSR count). The molecule has 0 aliphatic heterocycles. The fraction of sp³-hybridized carbons (Fsp3) is 0.320. The average molecular weight is 454 g/mol. The minimum atomic E-state index is -0.605. The smallest absolute Gasteiger partial charge is 0.344 e. The number of hydrogen-bond donors (Lipinski definition) is 0. The Labute approximate surface area is 191 Å². The molecule has 0 aliphatic rings. The summed E-state index contributed by atoms with van der Waals surface area (Å²) in [6.07, 6.45) is 1.94. The molecule has 1 aromatic heterocycles. The molecular weight excluding hydrogens is 428 g/mol. The van der Waals surface area contributed by atoms with Gasteiger partial charge in [-0.05, 0) is 63.6 Å². The summed E-state index contributed by atoms with van der Waals surface area (Å²) < 4.78 is 26.9. The van der Waals surface area contributed by atoms with Gasteiger partial charge in [0.05, 0.1) is 17.6 Å². The number of carbonyl (C=O) groups excluding carboxylic acids is 2. The van der Waals surface area contributed by atoms with Gasteiger partial charge in [0, 0.05) is 6.07 Å². The van der Waals surface area contributed by atoms with Crippen molar-refractivity contribution in [2.24, 2.45) is 0 Å². The van der Waals surface area contributed by atoms with Gasteiger partial charge in [0.2, 0.25) is 11.2 Å². The van der Waals surface area contributed by atoms with Crippen molar-refractivity contribution in [1.29, 1.82) is 0 Å². The Kier molecular flexibility index (Phi) is 7.37. The fourth-order valence-corrected chi connectivity index (χ4v) is 2.83. The molecule has 0 fully saturated rings. The van der Waals surface area contributed by atoms with Crippen molar-refractivity contribution in [3.8, 4) is 17.2 Å². The van der Waals surface area contributed by atoms with E-state index in [1.54, 1.807) is 51.1 Å². The topological polar surface area (TPSA) is 101 Å². The van der Waals surface area contributed by atoms with Gasteiger partial charge in [-0.1, -0.05) is 6.92 Å². The second kappa shape index (κ2) is 10.2. The number of fused-ring (bicyclic) bond motifs is 1. The largest absolute Gasteiger partial charge is 0.482 e. The zero-order valence-corrected chi connectivity index (χ0v) is 19.0. The summed E-state index contributed by atoms with van der Waals surface area (Å²) in [5.74, 6) is -0.205. The van der Waals surface area contributed by atoms with Crippen molar-refractivity contribution >= 4 is 22.9 Å². The third-order valence-electron chi connectivity index (χ3n) is 4.25. The van der Waals surface area contributed by atoms with Gasteiger partial charge < -0.3 is 23.4 Å². The van der Waals surface area contributed by atoms with Gasteiger partial charge in [0.15, 0.2) is 6.61 Å². The lowest BCUT2D eigenvalue weighted by Crippen LogP contribution is -2.27. The molecule has 0 bridgehead atoms. The van der Waals surface area contributed by atoms with Crippen LogP contribution in [0.1, 0.15) is 44.5 Å². The zero-order chi connectivity index (χ0) is 24.0. The van der Waals surface area contributed by atoms with E-state index in [-0.39, 0.29) is 28.8 Å². The Hall–Kier alpha value is -3.81. The van der Waals surface area contributed by atoms with Gasteiger partial charge in [0.1, 0.15) is 28.9 Å². The fourth-order valence-electron chi connectivity index (χ4n) is 2.83. The molecule has 0 radical (unpaired) electrons. The summed E-state index contributed by atoms with van der Waals surface area (Å²) in [4.78, 5) is 36.5. The van der Waals surface area contributed by atoms with Gasteiger partial charge in [-0.15, -0.1) is 0 Å². The summed E-state index contributed by atoms with van der Waals surface area (Å²) in [6, 6.07) is 10.9. The Morgan fingerprint density at radius 1 is 1.00 bits per heavy atom. The van der Waals surface area contributed by atoms with Crippen LogP contribution in [0.3, 0.4) is 0 Å². The highest BCUT2D eigenvalue weighted by Crippen LogP contribution is 2.24. The van der Waals surface area contributed by atoms with E-state index in [9.17, 15) is 14.4 Å². The minimum absolute atomic E-state index is 0.00812. The van der Waals surface area contributed by atoms with Crippen molar-refractivity contribution < 1.29 is 33.0 Å². The van der Waals surface area contributed by atoms with Crippen LogP contribution >= 0.6 is 0 Å². The van der Waals surface area contributed by atoms with Gasteiger partial charge in [-0.25, -0.2) is 9.59 Å². The van der Waals surface area contributed by atoms with Crippen molar-refractivity contribution in [3.63, 3.8) is 0 Å². The lowest BCUT2D eigenvalue weighted by molar-refractivity contribution is -0.157. The second-order valence-corrected chi connectivity index (χ2v) is 8.22. The molecule has 0 saturated heterocycles. The van der Waals surface area contributed by atoms with Crippen molar-refractivity contribution in [3.05, 3.63) is 64.5 Å². The molecule has 0 aliphatic carbocycles. The molecule has 8 heteroatoms. The van der Waals surface area contributed by atoms with Gasteiger partial charge in [-0.2, -0.15) is 0 Å². The Morgan fingerprint density at radius 3 is 2.36 bits per heavy atom. The first-order valence-electron chi connectivity index (χ1n) is 10.5. The lowest BCUT2D eigenvalue weighted by Gasteiger charge is -2.19. The van der Waals surface area contributed by atoms with Crippen LogP contribution in [0.5, 0.6) is 17.2 Å². The van der Waals surface area contributed by atoms with E-state index in [4.69, 9.17) is 23.4 Å². The number of esters is 2. The highest BCUT2D eigenvalue weighted by Gasteiger charge is 2.17. The normalized spacial score (nSPS) is 11.2. The van der Waals surface area contributed by atoms with E-state index >= 15 is 0 Å². The van der Waals surface area contributed by atoms with E-state index in [1.807, 2.05) is 6.92 Å². The molecule has 174 valence electrons. The number of ether oxygens (including phenoxy) is 4. The molecule has 33 heavy (non-hydrogen) atoms. The van der Waals surface area contributed by atoms with Crippen LogP contribution in [0.2, 0.25) is 0 Å². The summed E-state index contributed by atoms with van der Waals surface area (Å²) in [5, 5.41) is 0.289. The highest BCUT2D eigenvalue weighted by atomic mass is 16.6. The second-order valence-electron chi connectivity index (χ2n) is 8.22. The number of benzene rings is 2. The standard InChI is InChI=1S/C25H26O8/c1-5-12-29-24(28)16-6-8-17(9-7-16)32-21-14-31-20-13-18(10-11-19(20)23(21)27)30-15-22(26)33-25(2,3)4/h6-11,13-14H,5,12,15H2,1-4H3. The van der Waals surface area contributed by atoms with Crippen molar-refractivity contribution in [2.75, 3.05) is 13.2 Å². The van der Waals surface area contributed by atoms with E-state index in [2.05, 4.69) is 0 Å². The molecule has 0 amide bonds. The van der Waals surface area contributed by atoms with Gasteiger partial charge in [-0.3, -0.25) is 4.79 Å². The maximum Gasteiger partial charge on any atom is 0.344 e.